The normalized spacial score (nSPS) is 26.4. The molecule has 2 heterocycles. The summed E-state index contributed by atoms with van der Waals surface area (Å²) in [4.78, 5) is 13.8. The van der Waals surface area contributed by atoms with Crippen LogP contribution in [0.3, 0.4) is 0 Å². The molecule has 0 aliphatic carbocycles. The van der Waals surface area contributed by atoms with Gasteiger partial charge in [-0.05, 0) is 30.0 Å². The van der Waals surface area contributed by atoms with Gasteiger partial charge in [-0.3, -0.25) is 4.79 Å². The minimum atomic E-state index is -0.656. The lowest BCUT2D eigenvalue weighted by Crippen LogP contribution is -2.32. The van der Waals surface area contributed by atoms with Crippen molar-refractivity contribution in [2.75, 3.05) is 26.2 Å². The predicted octanol–water partition coefficient (Wildman–Crippen LogP) is 1.26. The van der Waals surface area contributed by atoms with Crippen molar-refractivity contribution in [3.8, 4) is 0 Å². The van der Waals surface area contributed by atoms with E-state index in [1.165, 1.54) is 0 Å². The predicted molar refractivity (Wildman–Crippen MR) is 62.1 cm³/mol. The molecule has 2 saturated heterocycles. The summed E-state index contributed by atoms with van der Waals surface area (Å²) in [7, 11) is 0. The third kappa shape index (κ3) is 1.88. The van der Waals surface area contributed by atoms with Crippen LogP contribution in [0.5, 0.6) is 0 Å². The van der Waals surface area contributed by atoms with Gasteiger partial charge in [0, 0.05) is 26.2 Å². The smallest absolute Gasteiger partial charge is 0.256 e. The maximum absolute atomic E-state index is 13.5. The zero-order chi connectivity index (χ0) is 12.7. The van der Waals surface area contributed by atoms with Gasteiger partial charge in [-0.1, -0.05) is 0 Å². The van der Waals surface area contributed by atoms with Gasteiger partial charge in [-0.25, -0.2) is 8.78 Å². The Hall–Kier alpha value is -1.49. The van der Waals surface area contributed by atoms with Gasteiger partial charge >= 0.3 is 0 Å². The van der Waals surface area contributed by atoms with Gasteiger partial charge in [0.1, 0.15) is 11.6 Å². The molecule has 1 aromatic carbocycles. The van der Waals surface area contributed by atoms with E-state index in [0.717, 1.165) is 31.3 Å². The highest BCUT2D eigenvalue weighted by Gasteiger charge is 2.38. The first-order valence-electron chi connectivity index (χ1n) is 6.10. The lowest BCUT2D eigenvalue weighted by Gasteiger charge is -2.17. The summed E-state index contributed by atoms with van der Waals surface area (Å²) in [6, 6.07) is 3.00. The summed E-state index contributed by atoms with van der Waals surface area (Å²) in [5, 5.41) is 3.27. The van der Waals surface area contributed by atoms with Gasteiger partial charge in [0.2, 0.25) is 0 Å². The topological polar surface area (TPSA) is 32.3 Å². The molecule has 3 nitrogen and oxygen atoms in total. The van der Waals surface area contributed by atoms with E-state index in [1.54, 1.807) is 4.90 Å². The monoisotopic (exact) mass is 252 g/mol. The first-order valence-corrected chi connectivity index (χ1v) is 6.10. The lowest BCUT2D eigenvalue weighted by molar-refractivity contribution is 0.0776. The van der Waals surface area contributed by atoms with Crippen molar-refractivity contribution in [3.05, 3.63) is 35.4 Å². The van der Waals surface area contributed by atoms with Crippen LogP contribution in [0.2, 0.25) is 0 Å². The third-order valence-corrected chi connectivity index (χ3v) is 3.84. The number of hydrogen-bond acceptors (Lipinski definition) is 2. The molecule has 1 N–H and O–H groups in total. The zero-order valence-corrected chi connectivity index (χ0v) is 9.83. The Labute approximate surface area is 104 Å². The van der Waals surface area contributed by atoms with Crippen molar-refractivity contribution in [2.45, 2.75) is 0 Å². The Kier molecular flexibility index (Phi) is 2.78. The van der Waals surface area contributed by atoms with Gasteiger partial charge in [0.25, 0.3) is 5.91 Å². The van der Waals surface area contributed by atoms with E-state index in [0.29, 0.717) is 24.9 Å². The van der Waals surface area contributed by atoms with E-state index >= 15 is 0 Å². The molecule has 1 amide bonds. The Morgan fingerprint density at radius 2 is 1.89 bits per heavy atom. The van der Waals surface area contributed by atoms with Crippen LogP contribution in [0, 0.1) is 23.5 Å². The van der Waals surface area contributed by atoms with E-state index in [4.69, 9.17) is 0 Å². The molecule has 0 spiro atoms. The molecule has 0 radical (unpaired) electrons. The Morgan fingerprint density at radius 3 is 2.56 bits per heavy atom. The highest BCUT2D eigenvalue weighted by molar-refractivity contribution is 5.94. The number of fused-ring (bicyclic) bond motifs is 1. The minimum Gasteiger partial charge on any atom is -0.338 e. The van der Waals surface area contributed by atoms with Crippen molar-refractivity contribution >= 4 is 5.91 Å². The second kappa shape index (κ2) is 4.31. The second-order valence-electron chi connectivity index (χ2n) is 5.01. The summed E-state index contributed by atoms with van der Waals surface area (Å²) < 4.78 is 26.6. The van der Waals surface area contributed by atoms with E-state index < -0.39 is 17.5 Å². The fourth-order valence-corrected chi connectivity index (χ4v) is 2.85. The summed E-state index contributed by atoms with van der Waals surface area (Å²) in [6.45, 7) is 3.07. The molecule has 0 aromatic heterocycles. The third-order valence-electron chi connectivity index (χ3n) is 3.84. The number of nitrogens with zero attached hydrogens (tertiary/aromatic N) is 1. The van der Waals surface area contributed by atoms with Gasteiger partial charge in [-0.15, -0.1) is 0 Å². The average molecular weight is 252 g/mol. The number of likely N-dealkylation sites (tertiary alicyclic amines) is 1. The number of benzene rings is 1. The van der Waals surface area contributed by atoms with Crippen LogP contribution in [0.15, 0.2) is 18.2 Å². The Bertz CT molecular complexity index is 480. The van der Waals surface area contributed by atoms with Crippen molar-refractivity contribution < 1.29 is 13.6 Å². The van der Waals surface area contributed by atoms with E-state index in [9.17, 15) is 13.6 Å². The molecule has 18 heavy (non-hydrogen) atoms. The van der Waals surface area contributed by atoms with Gasteiger partial charge in [-0.2, -0.15) is 0 Å². The van der Waals surface area contributed by atoms with Crippen LogP contribution in [-0.4, -0.2) is 37.0 Å². The van der Waals surface area contributed by atoms with E-state index in [1.807, 2.05) is 0 Å². The van der Waals surface area contributed by atoms with Gasteiger partial charge in [0.05, 0.1) is 5.56 Å². The number of amides is 1. The fraction of sp³-hybridized carbons (Fsp3) is 0.462. The summed E-state index contributed by atoms with van der Waals surface area (Å²) in [6.07, 6.45) is 0. The molecule has 3 rings (SSSR count). The van der Waals surface area contributed by atoms with Gasteiger partial charge < -0.3 is 10.2 Å². The van der Waals surface area contributed by atoms with Crippen LogP contribution in [0.4, 0.5) is 8.78 Å². The van der Waals surface area contributed by atoms with E-state index in [-0.39, 0.29) is 5.56 Å². The standard InChI is InChI=1S/C13H14F2N2O/c14-10-1-2-12(15)11(3-10)13(18)17-6-8-4-16-5-9(8)7-17/h1-3,8-9,16H,4-7H2/t8-,9+. The molecular weight excluding hydrogens is 238 g/mol. The maximum atomic E-state index is 13.5. The maximum Gasteiger partial charge on any atom is 0.256 e. The Balaban J connectivity index is 1.81. The van der Waals surface area contributed by atoms with Crippen LogP contribution in [0.1, 0.15) is 10.4 Å². The molecule has 5 heteroatoms. The average Bonchev–Trinajstić information content (AvgIpc) is 2.91. The SMILES string of the molecule is O=C(c1cc(F)ccc1F)N1C[C@H]2CNC[C@H]2C1. The zero-order valence-electron chi connectivity index (χ0n) is 9.83. The van der Waals surface area contributed by atoms with E-state index in [2.05, 4.69) is 5.32 Å². The number of carbonyl (C=O) groups excluding carboxylic acids is 1. The number of carbonyl (C=O) groups is 1. The first-order chi connectivity index (χ1) is 8.65. The Morgan fingerprint density at radius 1 is 1.22 bits per heavy atom. The molecule has 96 valence electrons. The molecule has 2 aliphatic heterocycles. The van der Waals surface area contributed by atoms with Crippen LogP contribution in [0.25, 0.3) is 0 Å². The van der Waals surface area contributed by atoms with Crippen LogP contribution in [-0.2, 0) is 0 Å². The molecule has 0 bridgehead atoms. The number of halogens is 2. The highest BCUT2D eigenvalue weighted by Crippen LogP contribution is 2.27. The molecule has 0 unspecified atom stereocenters. The highest BCUT2D eigenvalue weighted by atomic mass is 19.1. The molecular formula is C13H14F2N2O. The minimum absolute atomic E-state index is 0.164. The molecule has 2 fully saturated rings. The lowest BCUT2D eigenvalue weighted by atomic mass is 10.0. The number of nitrogens with one attached hydrogen (secondary N) is 1. The second-order valence-corrected chi connectivity index (χ2v) is 5.01. The van der Waals surface area contributed by atoms with Crippen LogP contribution < -0.4 is 5.32 Å². The molecule has 2 atom stereocenters. The van der Waals surface area contributed by atoms with Crippen molar-refractivity contribution in [2.24, 2.45) is 11.8 Å². The van der Waals surface area contributed by atoms with Crippen molar-refractivity contribution in [3.63, 3.8) is 0 Å². The summed E-state index contributed by atoms with van der Waals surface area (Å²) in [5.41, 5.74) is -0.164. The number of hydrogen-bond donors (Lipinski definition) is 1. The summed E-state index contributed by atoms with van der Waals surface area (Å²) in [5.74, 6) is -0.741. The largest absolute Gasteiger partial charge is 0.338 e. The van der Waals surface area contributed by atoms with Crippen molar-refractivity contribution in [1.29, 1.82) is 0 Å². The number of rotatable bonds is 1. The molecule has 2 aliphatic rings. The van der Waals surface area contributed by atoms with Gasteiger partial charge in [0.15, 0.2) is 0 Å². The summed E-state index contributed by atoms with van der Waals surface area (Å²) >= 11 is 0. The fourth-order valence-electron chi connectivity index (χ4n) is 2.85. The first kappa shape index (κ1) is 11.6. The quantitative estimate of drug-likeness (QED) is 0.816. The molecule has 1 aromatic rings. The molecule has 0 saturated carbocycles. The van der Waals surface area contributed by atoms with Crippen molar-refractivity contribution in [1.82, 2.24) is 10.2 Å². The van der Waals surface area contributed by atoms with Crippen LogP contribution >= 0.6 is 0 Å².